The summed E-state index contributed by atoms with van der Waals surface area (Å²) in [5, 5.41) is 6.41. The minimum atomic E-state index is -3.81. The number of aromatic nitrogens is 2. The van der Waals surface area contributed by atoms with Crippen LogP contribution < -0.4 is 10.0 Å². The number of nitrogens with one attached hydrogen (secondary N) is 2. The van der Waals surface area contributed by atoms with Crippen molar-refractivity contribution >= 4 is 21.6 Å². The van der Waals surface area contributed by atoms with E-state index in [0.29, 0.717) is 22.8 Å². The van der Waals surface area contributed by atoms with Crippen molar-refractivity contribution in [3.63, 3.8) is 0 Å². The fourth-order valence-corrected chi connectivity index (χ4v) is 4.22. The molecule has 0 aliphatic carbocycles. The molecule has 0 bridgehead atoms. The number of hydrogen-bond donors (Lipinski definition) is 2. The number of benzene rings is 2. The number of rotatable bonds is 5. The maximum Gasteiger partial charge on any atom is 0.257 e. The van der Waals surface area contributed by atoms with Gasteiger partial charge < -0.3 is 9.84 Å². The lowest BCUT2D eigenvalue weighted by Crippen LogP contribution is -2.40. The van der Waals surface area contributed by atoms with E-state index in [4.69, 9.17) is 4.52 Å². The largest absolute Gasteiger partial charge is 0.334 e. The van der Waals surface area contributed by atoms with Crippen molar-refractivity contribution in [1.82, 2.24) is 14.9 Å². The predicted octanol–water partition coefficient (Wildman–Crippen LogP) is 3.37. The second kappa shape index (κ2) is 7.76. The lowest BCUT2D eigenvalue weighted by molar-refractivity contribution is 0.102. The molecule has 29 heavy (non-hydrogen) atoms. The van der Waals surface area contributed by atoms with Crippen molar-refractivity contribution in [3.05, 3.63) is 59.9 Å². The Morgan fingerprint density at radius 3 is 2.28 bits per heavy atom. The van der Waals surface area contributed by atoms with Crippen LogP contribution in [0.2, 0.25) is 0 Å². The first-order valence-corrected chi connectivity index (χ1v) is 10.4. The van der Waals surface area contributed by atoms with Gasteiger partial charge in [0.05, 0.1) is 5.69 Å². The maximum absolute atomic E-state index is 12.7. The van der Waals surface area contributed by atoms with Gasteiger partial charge in [-0.05, 0) is 64.1 Å². The summed E-state index contributed by atoms with van der Waals surface area (Å²) in [5.74, 6) is 0.444. The van der Waals surface area contributed by atoms with Crippen LogP contribution >= 0.6 is 0 Å². The van der Waals surface area contributed by atoms with Crippen molar-refractivity contribution < 1.29 is 17.7 Å². The van der Waals surface area contributed by atoms with Gasteiger partial charge in [-0.25, -0.2) is 13.1 Å². The highest BCUT2D eigenvalue weighted by Crippen LogP contribution is 2.24. The number of carbonyl (C=O) groups is 1. The Morgan fingerprint density at radius 2 is 1.69 bits per heavy atom. The Bertz CT molecular complexity index is 1130. The zero-order chi connectivity index (χ0) is 21.2. The van der Waals surface area contributed by atoms with Gasteiger partial charge >= 0.3 is 0 Å². The number of amides is 1. The zero-order valence-electron chi connectivity index (χ0n) is 16.6. The number of anilines is 1. The third-order valence-corrected chi connectivity index (χ3v) is 5.60. The molecule has 3 aromatic rings. The SMILES string of the molecule is Cc1noc(-c2ccc(C(=O)Nc3ccccc3S(=O)(=O)NC(C)(C)C)cc2)n1. The molecule has 0 saturated heterocycles. The van der Waals surface area contributed by atoms with E-state index < -0.39 is 21.5 Å². The molecule has 152 valence electrons. The number of hydrogen-bond acceptors (Lipinski definition) is 6. The van der Waals surface area contributed by atoms with Crippen LogP contribution in [0, 0.1) is 6.92 Å². The average Bonchev–Trinajstić information content (AvgIpc) is 3.06. The van der Waals surface area contributed by atoms with Crippen LogP contribution in [0.1, 0.15) is 37.0 Å². The van der Waals surface area contributed by atoms with Crippen LogP contribution in [0.4, 0.5) is 5.69 Å². The molecule has 2 N–H and O–H groups in total. The van der Waals surface area contributed by atoms with Crippen LogP contribution in [-0.4, -0.2) is 30.0 Å². The predicted molar refractivity (Wildman–Crippen MR) is 109 cm³/mol. The van der Waals surface area contributed by atoms with Crippen molar-refractivity contribution in [1.29, 1.82) is 0 Å². The number of carbonyl (C=O) groups excluding carboxylic acids is 1. The molecule has 0 aliphatic heterocycles. The van der Waals surface area contributed by atoms with E-state index in [2.05, 4.69) is 20.2 Å². The number of para-hydroxylation sites is 1. The van der Waals surface area contributed by atoms with E-state index in [1.54, 1.807) is 70.2 Å². The minimum absolute atomic E-state index is 0.00114. The second-order valence-electron chi connectivity index (χ2n) is 7.53. The standard InChI is InChI=1S/C20H22N4O4S/c1-13-21-19(28-23-13)15-11-9-14(10-12-15)18(25)22-16-7-5-6-8-17(16)29(26,27)24-20(2,3)4/h5-12,24H,1-4H3,(H,22,25). The highest BCUT2D eigenvalue weighted by atomic mass is 32.2. The van der Waals surface area contributed by atoms with Crippen LogP contribution in [0.15, 0.2) is 57.9 Å². The second-order valence-corrected chi connectivity index (χ2v) is 9.18. The van der Waals surface area contributed by atoms with Gasteiger partial charge in [0.2, 0.25) is 10.0 Å². The van der Waals surface area contributed by atoms with Crippen molar-refractivity contribution in [3.8, 4) is 11.5 Å². The first-order valence-electron chi connectivity index (χ1n) is 8.90. The van der Waals surface area contributed by atoms with E-state index in [9.17, 15) is 13.2 Å². The number of sulfonamides is 1. The van der Waals surface area contributed by atoms with E-state index in [-0.39, 0.29) is 10.6 Å². The molecule has 0 spiro atoms. The summed E-state index contributed by atoms with van der Waals surface area (Å²) in [6.07, 6.45) is 0. The van der Waals surface area contributed by atoms with E-state index >= 15 is 0 Å². The smallest absolute Gasteiger partial charge is 0.257 e. The zero-order valence-corrected chi connectivity index (χ0v) is 17.4. The molecule has 1 heterocycles. The highest BCUT2D eigenvalue weighted by molar-refractivity contribution is 7.89. The van der Waals surface area contributed by atoms with Gasteiger partial charge in [0.25, 0.3) is 11.8 Å². The fourth-order valence-electron chi connectivity index (χ4n) is 2.64. The third kappa shape index (κ3) is 5.07. The summed E-state index contributed by atoms with van der Waals surface area (Å²) >= 11 is 0. The number of nitrogens with zero attached hydrogens (tertiary/aromatic N) is 2. The molecule has 0 atom stereocenters. The first-order chi connectivity index (χ1) is 13.5. The summed E-state index contributed by atoms with van der Waals surface area (Å²) < 4.78 is 33.1. The molecule has 0 saturated carbocycles. The van der Waals surface area contributed by atoms with Gasteiger partial charge in [0.1, 0.15) is 4.90 Å². The molecular formula is C20H22N4O4S. The summed E-state index contributed by atoms with van der Waals surface area (Å²) in [4.78, 5) is 16.8. The molecule has 0 aliphatic rings. The van der Waals surface area contributed by atoms with Gasteiger partial charge in [-0.2, -0.15) is 4.98 Å². The lowest BCUT2D eigenvalue weighted by Gasteiger charge is -2.21. The lowest BCUT2D eigenvalue weighted by atomic mass is 10.1. The Kier molecular flexibility index (Phi) is 5.54. The van der Waals surface area contributed by atoms with Crippen LogP contribution in [-0.2, 0) is 10.0 Å². The maximum atomic E-state index is 12.7. The van der Waals surface area contributed by atoms with E-state index in [0.717, 1.165) is 0 Å². The van der Waals surface area contributed by atoms with Gasteiger partial charge in [-0.1, -0.05) is 17.3 Å². The molecule has 0 unspecified atom stereocenters. The van der Waals surface area contributed by atoms with Crippen LogP contribution in [0.3, 0.4) is 0 Å². The Morgan fingerprint density at radius 1 is 1.03 bits per heavy atom. The van der Waals surface area contributed by atoms with Gasteiger partial charge in [0, 0.05) is 16.7 Å². The monoisotopic (exact) mass is 414 g/mol. The molecule has 1 amide bonds. The van der Waals surface area contributed by atoms with Gasteiger partial charge in [-0.3, -0.25) is 4.79 Å². The normalized spacial score (nSPS) is 12.0. The quantitative estimate of drug-likeness (QED) is 0.662. The third-order valence-electron chi connectivity index (χ3n) is 3.79. The van der Waals surface area contributed by atoms with Gasteiger partial charge in [-0.15, -0.1) is 0 Å². The van der Waals surface area contributed by atoms with Gasteiger partial charge in [0.15, 0.2) is 5.82 Å². The molecule has 8 nitrogen and oxygen atoms in total. The first kappa shape index (κ1) is 20.7. The minimum Gasteiger partial charge on any atom is -0.334 e. The molecule has 3 rings (SSSR count). The molecule has 0 radical (unpaired) electrons. The molecule has 2 aromatic carbocycles. The Hall–Kier alpha value is -3.04. The van der Waals surface area contributed by atoms with Crippen molar-refractivity contribution in [2.75, 3.05) is 5.32 Å². The fraction of sp³-hybridized carbons (Fsp3) is 0.250. The Balaban J connectivity index is 1.83. The summed E-state index contributed by atoms with van der Waals surface area (Å²) in [6.45, 7) is 6.96. The highest BCUT2D eigenvalue weighted by Gasteiger charge is 2.25. The Labute approximate surface area is 169 Å². The molecule has 0 fully saturated rings. The van der Waals surface area contributed by atoms with E-state index in [1.165, 1.54) is 6.07 Å². The van der Waals surface area contributed by atoms with Crippen molar-refractivity contribution in [2.45, 2.75) is 38.1 Å². The summed E-state index contributed by atoms with van der Waals surface area (Å²) in [5.41, 5.74) is 0.588. The molecule has 1 aromatic heterocycles. The number of aryl methyl sites for hydroxylation is 1. The topological polar surface area (TPSA) is 114 Å². The van der Waals surface area contributed by atoms with Crippen molar-refractivity contribution in [2.24, 2.45) is 0 Å². The van der Waals surface area contributed by atoms with Crippen LogP contribution in [0.25, 0.3) is 11.5 Å². The summed E-state index contributed by atoms with van der Waals surface area (Å²) in [7, 11) is -3.81. The van der Waals surface area contributed by atoms with E-state index in [1.807, 2.05) is 0 Å². The van der Waals surface area contributed by atoms with Crippen LogP contribution in [0.5, 0.6) is 0 Å². The molecule has 9 heteroatoms. The summed E-state index contributed by atoms with van der Waals surface area (Å²) in [6, 6.07) is 12.8. The average molecular weight is 414 g/mol. The molecular weight excluding hydrogens is 392 g/mol.